The van der Waals surface area contributed by atoms with E-state index < -0.39 is 11.5 Å². The normalized spacial score (nSPS) is 18.0. The third kappa shape index (κ3) is 3.79. The van der Waals surface area contributed by atoms with Crippen molar-refractivity contribution in [2.24, 2.45) is 11.8 Å². The van der Waals surface area contributed by atoms with Gasteiger partial charge in [-0.2, -0.15) is 5.10 Å². The molecule has 1 unspecified atom stereocenters. The first-order chi connectivity index (χ1) is 16.6. The highest BCUT2D eigenvalue weighted by molar-refractivity contribution is 5.86. The molecule has 7 nitrogen and oxygen atoms in total. The number of H-pyrrole nitrogens is 1. The second kappa shape index (κ2) is 8.20. The molecular weight excluding hydrogens is 433 g/mol. The minimum atomic E-state index is -0.492. The largest absolute Gasteiger partial charge is 0.348 e. The summed E-state index contributed by atoms with van der Waals surface area (Å²) in [7, 11) is 0. The van der Waals surface area contributed by atoms with Gasteiger partial charge in [-0.15, -0.1) is 0 Å². The van der Waals surface area contributed by atoms with E-state index in [4.69, 9.17) is 0 Å². The maximum absolute atomic E-state index is 15.3. The highest BCUT2D eigenvalue weighted by Crippen LogP contribution is 2.33. The molecule has 2 aromatic heterocycles. The molecule has 4 aromatic rings. The van der Waals surface area contributed by atoms with Gasteiger partial charge < -0.3 is 4.90 Å². The predicted molar refractivity (Wildman–Crippen MR) is 126 cm³/mol. The third-order valence-electron chi connectivity index (χ3n) is 6.90. The number of pyridine rings is 1. The molecule has 1 saturated heterocycles. The first-order valence-electron chi connectivity index (χ1n) is 11.7. The van der Waals surface area contributed by atoms with Crippen molar-refractivity contribution in [3.8, 4) is 16.8 Å². The maximum atomic E-state index is 15.3. The summed E-state index contributed by atoms with van der Waals surface area (Å²) in [5, 5.41) is 8.69. The van der Waals surface area contributed by atoms with Gasteiger partial charge in [-0.3, -0.25) is 9.78 Å². The lowest BCUT2D eigenvalue weighted by Crippen LogP contribution is -2.30. The van der Waals surface area contributed by atoms with E-state index in [9.17, 15) is 9.59 Å². The Balaban J connectivity index is 1.26. The van der Waals surface area contributed by atoms with Crippen LogP contribution >= 0.6 is 0 Å². The number of nitrogens with one attached hydrogen (secondary N) is 1. The quantitative estimate of drug-likeness (QED) is 0.495. The van der Waals surface area contributed by atoms with Crippen LogP contribution in [0.5, 0.6) is 0 Å². The molecule has 6 rings (SSSR count). The van der Waals surface area contributed by atoms with Crippen LogP contribution in [0.4, 0.5) is 4.39 Å². The lowest BCUT2D eigenvalue weighted by molar-refractivity contribution is -0.131. The first-order valence-corrected chi connectivity index (χ1v) is 11.7. The van der Waals surface area contributed by atoms with Crippen molar-refractivity contribution in [3.63, 3.8) is 0 Å². The second-order valence-electron chi connectivity index (χ2n) is 9.30. The van der Waals surface area contributed by atoms with Gasteiger partial charge in [0, 0.05) is 43.2 Å². The van der Waals surface area contributed by atoms with Gasteiger partial charge in [-0.05, 0) is 66.0 Å². The van der Waals surface area contributed by atoms with Crippen LogP contribution in [0.3, 0.4) is 0 Å². The number of fused-ring (bicyclic) bond motifs is 1. The summed E-state index contributed by atoms with van der Waals surface area (Å²) in [6.45, 7) is 1.40. The summed E-state index contributed by atoms with van der Waals surface area (Å²) in [5.41, 5.74) is 1.31. The summed E-state index contributed by atoms with van der Waals surface area (Å²) in [6, 6.07) is 12.7. The monoisotopic (exact) mass is 457 g/mol. The number of hydrogen-bond donors (Lipinski definition) is 1. The van der Waals surface area contributed by atoms with E-state index in [1.165, 1.54) is 10.6 Å². The Labute approximate surface area is 195 Å². The molecular formula is C26H24FN5O2. The molecule has 1 atom stereocenters. The van der Waals surface area contributed by atoms with Crippen molar-refractivity contribution in [1.82, 2.24) is 24.6 Å². The molecule has 1 amide bonds. The smallest absolute Gasteiger partial charge is 0.342 e. The number of rotatable bonds is 5. The van der Waals surface area contributed by atoms with Gasteiger partial charge in [0.1, 0.15) is 11.6 Å². The molecule has 1 aliphatic carbocycles. The number of halogens is 1. The van der Waals surface area contributed by atoms with Crippen molar-refractivity contribution in [1.29, 1.82) is 0 Å². The number of amides is 1. The average molecular weight is 458 g/mol. The molecule has 1 N–H and O–H groups in total. The molecule has 3 heterocycles. The van der Waals surface area contributed by atoms with Crippen LogP contribution < -0.4 is 5.69 Å². The summed E-state index contributed by atoms with van der Waals surface area (Å²) in [6.07, 6.45) is 6.87. The van der Waals surface area contributed by atoms with E-state index in [0.29, 0.717) is 18.8 Å². The minimum absolute atomic E-state index is 0.173. The van der Waals surface area contributed by atoms with Crippen molar-refractivity contribution in [2.45, 2.75) is 25.7 Å². The number of aromatic nitrogens is 4. The number of benzene rings is 2. The van der Waals surface area contributed by atoms with Gasteiger partial charge in [-0.25, -0.2) is 18.9 Å². The number of aromatic amines is 1. The topological polar surface area (TPSA) is 83.9 Å². The fourth-order valence-corrected chi connectivity index (χ4v) is 4.89. The van der Waals surface area contributed by atoms with Crippen molar-refractivity contribution in [2.75, 3.05) is 13.1 Å². The van der Waals surface area contributed by atoms with E-state index >= 15 is 4.39 Å². The predicted octanol–water partition coefficient (Wildman–Crippen LogP) is 3.72. The van der Waals surface area contributed by atoms with Gasteiger partial charge in [0.15, 0.2) is 0 Å². The van der Waals surface area contributed by atoms with Crippen LogP contribution in [0.1, 0.15) is 25.1 Å². The number of carbonyl (C=O) groups is 1. The van der Waals surface area contributed by atoms with Crippen molar-refractivity contribution < 1.29 is 9.18 Å². The Morgan fingerprint density at radius 3 is 2.71 bits per heavy atom. The summed E-state index contributed by atoms with van der Waals surface area (Å²) in [4.78, 5) is 31.0. The molecule has 1 aliphatic heterocycles. The summed E-state index contributed by atoms with van der Waals surface area (Å²) < 4.78 is 16.6. The fourth-order valence-electron chi connectivity index (χ4n) is 4.89. The SMILES string of the molecule is O=C(C1CC1)N1CCC(Cc2n[nH]c(=O)n2-c2ccc(-c3ccc4cnccc4c3)cc2F)C1. The Morgan fingerprint density at radius 2 is 1.88 bits per heavy atom. The van der Waals surface area contributed by atoms with Gasteiger partial charge in [-0.1, -0.05) is 18.2 Å². The third-order valence-corrected chi connectivity index (χ3v) is 6.90. The van der Waals surface area contributed by atoms with E-state index in [1.54, 1.807) is 18.5 Å². The lowest BCUT2D eigenvalue weighted by atomic mass is 10.0. The molecule has 172 valence electrons. The molecule has 2 fully saturated rings. The lowest BCUT2D eigenvalue weighted by Gasteiger charge is -2.16. The number of hydrogen-bond acceptors (Lipinski definition) is 4. The zero-order valence-electron chi connectivity index (χ0n) is 18.6. The van der Waals surface area contributed by atoms with Gasteiger partial charge in [0.05, 0.1) is 5.69 Å². The Bertz CT molecular complexity index is 1460. The summed E-state index contributed by atoms with van der Waals surface area (Å²) >= 11 is 0. The Hall–Kier alpha value is -3.81. The van der Waals surface area contributed by atoms with Crippen LogP contribution in [0.25, 0.3) is 27.6 Å². The van der Waals surface area contributed by atoms with E-state index in [2.05, 4.69) is 15.2 Å². The highest BCUT2D eigenvalue weighted by Gasteiger charge is 2.37. The zero-order valence-corrected chi connectivity index (χ0v) is 18.6. The second-order valence-corrected chi connectivity index (χ2v) is 9.30. The van der Waals surface area contributed by atoms with Gasteiger partial charge in [0.25, 0.3) is 0 Å². The Kier molecular flexibility index (Phi) is 5.01. The van der Waals surface area contributed by atoms with Crippen LogP contribution in [0.2, 0.25) is 0 Å². The average Bonchev–Trinajstić information content (AvgIpc) is 3.50. The maximum Gasteiger partial charge on any atom is 0.348 e. The van der Waals surface area contributed by atoms with Crippen molar-refractivity contribution >= 4 is 16.7 Å². The molecule has 8 heteroatoms. The van der Waals surface area contributed by atoms with Crippen molar-refractivity contribution in [3.05, 3.63) is 77.0 Å². The zero-order chi connectivity index (χ0) is 23.2. The van der Waals surface area contributed by atoms with E-state index in [0.717, 1.165) is 47.7 Å². The summed E-state index contributed by atoms with van der Waals surface area (Å²) in [5.74, 6) is 0.642. The van der Waals surface area contributed by atoms with Gasteiger partial charge in [0.2, 0.25) is 5.91 Å². The van der Waals surface area contributed by atoms with E-state index in [1.807, 2.05) is 35.2 Å². The highest BCUT2D eigenvalue weighted by atomic mass is 19.1. The first kappa shape index (κ1) is 20.8. The fraction of sp³-hybridized carbons (Fsp3) is 0.308. The molecule has 0 radical (unpaired) electrons. The number of nitrogens with zero attached hydrogens (tertiary/aromatic N) is 4. The Morgan fingerprint density at radius 1 is 1.06 bits per heavy atom. The van der Waals surface area contributed by atoms with Gasteiger partial charge >= 0.3 is 5.69 Å². The molecule has 1 saturated carbocycles. The number of carbonyl (C=O) groups excluding carboxylic acids is 1. The van der Waals surface area contributed by atoms with Crippen LogP contribution in [0, 0.1) is 17.7 Å². The molecule has 34 heavy (non-hydrogen) atoms. The molecule has 0 spiro atoms. The molecule has 2 aliphatic rings. The van der Waals surface area contributed by atoms with Crippen LogP contribution in [0.15, 0.2) is 59.7 Å². The minimum Gasteiger partial charge on any atom is -0.342 e. The standard InChI is InChI=1S/C26H24FN5O2/c27-22-13-19(18-3-4-21-14-28-9-7-20(21)12-18)5-6-23(22)32-24(29-30-26(32)34)11-16-8-10-31(15-16)25(33)17-1-2-17/h3-7,9,12-14,16-17H,1-2,8,10-11,15H2,(H,30,34). The molecule has 0 bridgehead atoms. The van der Waals surface area contributed by atoms with Crippen LogP contribution in [-0.4, -0.2) is 43.6 Å². The van der Waals surface area contributed by atoms with E-state index in [-0.39, 0.29) is 23.4 Å². The number of likely N-dealkylation sites (tertiary alicyclic amines) is 1. The van der Waals surface area contributed by atoms with Crippen LogP contribution in [-0.2, 0) is 11.2 Å². The molecule has 2 aromatic carbocycles.